The topological polar surface area (TPSA) is 91.6 Å². The third-order valence-electron chi connectivity index (χ3n) is 2.25. The van der Waals surface area contributed by atoms with Crippen molar-refractivity contribution < 1.29 is 19.1 Å². The fourth-order valence-electron chi connectivity index (χ4n) is 1.28. The van der Waals surface area contributed by atoms with Crippen LogP contribution in [0.15, 0.2) is 23.0 Å². The van der Waals surface area contributed by atoms with Gasteiger partial charge in [0.2, 0.25) is 0 Å². The van der Waals surface area contributed by atoms with Crippen LogP contribution in [0, 0.1) is 5.92 Å². The van der Waals surface area contributed by atoms with E-state index in [9.17, 15) is 9.59 Å². The summed E-state index contributed by atoms with van der Waals surface area (Å²) in [4.78, 5) is 22.3. The molecule has 0 bridgehead atoms. The van der Waals surface area contributed by atoms with Crippen LogP contribution in [0.3, 0.4) is 0 Å². The Balaban J connectivity index is 2.40. The molecule has 1 atom stereocenters. The Kier molecular flexibility index (Phi) is 4.56. The molecule has 3 N–H and O–H groups in total. The number of hydrogen-bond donors (Lipinski definition) is 3. The lowest BCUT2D eigenvalue weighted by atomic mass is 10.1. The molecule has 0 aromatic carbocycles. The van der Waals surface area contributed by atoms with Crippen LogP contribution in [-0.2, 0) is 11.3 Å². The second-order valence-corrected chi connectivity index (χ2v) is 4.02. The van der Waals surface area contributed by atoms with Crippen molar-refractivity contribution in [1.29, 1.82) is 0 Å². The zero-order chi connectivity index (χ0) is 12.8. The van der Waals surface area contributed by atoms with Crippen molar-refractivity contribution in [2.75, 3.05) is 0 Å². The molecule has 1 rings (SSSR count). The van der Waals surface area contributed by atoms with E-state index in [0.29, 0.717) is 6.54 Å². The number of carbonyl (C=O) groups is 2. The molecule has 0 saturated carbocycles. The zero-order valence-electron chi connectivity index (χ0n) is 9.77. The first-order chi connectivity index (χ1) is 8.00. The molecule has 1 aromatic rings. The fraction of sp³-hybridized carbons (Fsp3) is 0.455. The van der Waals surface area contributed by atoms with Crippen LogP contribution in [0.4, 0.5) is 4.79 Å². The first-order valence-electron chi connectivity index (χ1n) is 5.29. The molecule has 17 heavy (non-hydrogen) atoms. The summed E-state index contributed by atoms with van der Waals surface area (Å²) in [5, 5.41) is 13.8. The maximum Gasteiger partial charge on any atom is 0.326 e. The smallest absolute Gasteiger partial charge is 0.326 e. The van der Waals surface area contributed by atoms with Crippen LogP contribution in [0.5, 0.6) is 0 Å². The summed E-state index contributed by atoms with van der Waals surface area (Å²) in [5.74, 6) is -1.22. The van der Waals surface area contributed by atoms with Crippen molar-refractivity contribution in [3.63, 3.8) is 0 Å². The summed E-state index contributed by atoms with van der Waals surface area (Å²) < 4.78 is 4.84. The van der Waals surface area contributed by atoms with Gasteiger partial charge in [0.1, 0.15) is 6.04 Å². The number of hydrogen-bond acceptors (Lipinski definition) is 3. The molecular formula is C11H16N2O4. The lowest BCUT2D eigenvalue weighted by Gasteiger charge is -2.18. The van der Waals surface area contributed by atoms with E-state index in [4.69, 9.17) is 9.52 Å². The average molecular weight is 240 g/mol. The van der Waals surface area contributed by atoms with Crippen molar-refractivity contribution in [2.24, 2.45) is 5.92 Å². The van der Waals surface area contributed by atoms with Crippen molar-refractivity contribution in [2.45, 2.75) is 26.4 Å². The zero-order valence-corrected chi connectivity index (χ0v) is 9.77. The molecule has 0 unspecified atom stereocenters. The largest absolute Gasteiger partial charge is 0.480 e. The Morgan fingerprint density at radius 3 is 2.65 bits per heavy atom. The monoisotopic (exact) mass is 240 g/mol. The number of amides is 2. The number of carbonyl (C=O) groups excluding carboxylic acids is 1. The molecule has 0 spiro atoms. The van der Waals surface area contributed by atoms with Gasteiger partial charge in [-0.05, 0) is 12.0 Å². The predicted octanol–water partition coefficient (Wildman–Crippen LogP) is 1.19. The van der Waals surface area contributed by atoms with Gasteiger partial charge in [-0.2, -0.15) is 0 Å². The molecule has 94 valence electrons. The molecule has 0 aliphatic heterocycles. The Morgan fingerprint density at radius 2 is 2.18 bits per heavy atom. The first-order valence-corrected chi connectivity index (χ1v) is 5.29. The molecule has 2 amide bonds. The van der Waals surface area contributed by atoms with E-state index in [1.54, 1.807) is 19.9 Å². The second-order valence-electron chi connectivity index (χ2n) is 4.02. The summed E-state index contributed by atoms with van der Waals surface area (Å²) in [7, 11) is 0. The molecule has 0 radical (unpaired) electrons. The van der Waals surface area contributed by atoms with E-state index < -0.39 is 18.0 Å². The van der Waals surface area contributed by atoms with E-state index in [2.05, 4.69) is 10.6 Å². The number of nitrogens with one attached hydrogen (secondary N) is 2. The van der Waals surface area contributed by atoms with Crippen LogP contribution in [0.1, 0.15) is 19.4 Å². The fourth-order valence-corrected chi connectivity index (χ4v) is 1.28. The normalized spacial score (nSPS) is 12.2. The quantitative estimate of drug-likeness (QED) is 0.720. The van der Waals surface area contributed by atoms with Crippen molar-refractivity contribution in [1.82, 2.24) is 10.6 Å². The van der Waals surface area contributed by atoms with Crippen LogP contribution in [-0.4, -0.2) is 23.1 Å². The molecule has 1 aromatic heterocycles. The van der Waals surface area contributed by atoms with Gasteiger partial charge in [0, 0.05) is 12.1 Å². The Morgan fingerprint density at radius 1 is 1.47 bits per heavy atom. The van der Waals surface area contributed by atoms with E-state index in [0.717, 1.165) is 5.56 Å². The first kappa shape index (κ1) is 13.1. The summed E-state index contributed by atoms with van der Waals surface area (Å²) in [6.45, 7) is 3.76. The molecule has 6 heteroatoms. The average Bonchev–Trinajstić information content (AvgIpc) is 2.74. The van der Waals surface area contributed by atoms with Gasteiger partial charge in [-0.25, -0.2) is 9.59 Å². The number of rotatable bonds is 5. The summed E-state index contributed by atoms with van der Waals surface area (Å²) >= 11 is 0. The highest BCUT2D eigenvalue weighted by molar-refractivity contribution is 5.82. The number of furan rings is 1. The number of carboxylic acids is 1. The highest BCUT2D eigenvalue weighted by Crippen LogP contribution is 2.02. The SMILES string of the molecule is CC(C)[C@H](NC(=O)NCc1ccoc1)C(=O)O. The van der Waals surface area contributed by atoms with Crippen LogP contribution in [0.25, 0.3) is 0 Å². The third kappa shape index (κ3) is 4.18. The number of carboxylic acid groups (broad SMARTS) is 1. The molecule has 0 aliphatic carbocycles. The lowest BCUT2D eigenvalue weighted by molar-refractivity contribution is -0.140. The Hall–Kier alpha value is -1.98. The van der Waals surface area contributed by atoms with E-state index >= 15 is 0 Å². The van der Waals surface area contributed by atoms with E-state index in [-0.39, 0.29) is 5.92 Å². The molecule has 0 aliphatic rings. The molecule has 0 saturated heterocycles. The highest BCUT2D eigenvalue weighted by Gasteiger charge is 2.23. The van der Waals surface area contributed by atoms with Crippen LogP contribution in [0.2, 0.25) is 0 Å². The Bertz CT molecular complexity index is 373. The minimum atomic E-state index is -1.04. The molecule has 0 fully saturated rings. The minimum absolute atomic E-state index is 0.174. The van der Waals surface area contributed by atoms with Crippen LogP contribution >= 0.6 is 0 Å². The summed E-state index contributed by atoms with van der Waals surface area (Å²) in [6.07, 6.45) is 3.01. The van der Waals surface area contributed by atoms with Gasteiger partial charge in [0.05, 0.1) is 12.5 Å². The molecule has 6 nitrogen and oxygen atoms in total. The van der Waals surface area contributed by atoms with Gasteiger partial charge in [-0.15, -0.1) is 0 Å². The number of urea groups is 1. The summed E-state index contributed by atoms with van der Waals surface area (Å²) in [6, 6.07) is 0.323. The van der Waals surface area contributed by atoms with Gasteiger partial charge in [0.25, 0.3) is 0 Å². The van der Waals surface area contributed by atoms with Gasteiger partial charge in [-0.1, -0.05) is 13.8 Å². The maximum atomic E-state index is 11.4. The second kappa shape index (κ2) is 5.93. The number of aliphatic carboxylic acids is 1. The summed E-state index contributed by atoms with van der Waals surface area (Å²) in [5.41, 5.74) is 0.816. The van der Waals surface area contributed by atoms with Gasteiger partial charge >= 0.3 is 12.0 Å². The predicted molar refractivity (Wildman–Crippen MR) is 60.3 cm³/mol. The van der Waals surface area contributed by atoms with Crippen molar-refractivity contribution in [3.8, 4) is 0 Å². The van der Waals surface area contributed by atoms with Crippen molar-refractivity contribution >= 4 is 12.0 Å². The third-order valence-corrected chi connectivity index (χ3v) is 2.25. The van der Waals surface area contributed by atoms with Crippen molar-refractivity contribution in [3.05, 3.63) is 24.2 Å². The van der Waals surface area contributed by atoms with Gasteiger partial charge < -0.3 is 20.2 Å². The molecule has 1 heterocycles. The maximum absolute atomic E-state index is 11.4. The van der Waals surface area contributed by atoms with Gasteiger partial charge in [0.15, 0.2) is 0 Å². The van der Waals surface area contributed by atoms with Gasteiger partial charge in [-0.3, -0.25) is 0 Å². The van der Waals surface area contributed by atoms with E-state index in [1.807, 2.05) is 0 Å². The molecular weight excluding hydrogens is 224 g/mol. The Labute approximate surface area is 99.0 Å². The van der Waals surface area contributed by atoms with Crippen LogP contribution < -0.4 is 10.6 Å². The standard InChI is InChI=1S/C11H16N2O4/c1-7(2)9(10(14)15)13-11(16)12-5-8-3-4-17-6-8/h3-4,6-7,9H,5H2,1-2H3,(H,14,15)(H2,12,13,16)/t9-/m0/s1. The highest BCUT2D eigenvalue weighted by atomic mass is 16.4. The lowest BCUT2D eigenvalue weighted by Crippen LogP contribution is -2.48. The van der Waals surface area contributed by atoms with E-state index in [1.165, 1.54) is 12.5 Å². The minimum Gasteiger partial charge on any atom is -0.480 e.